The number of hydrogen-bond acceptors (Lipinski definition) is 3. The van der Waals surface area contributed by atoms with E-state index < -0.39 is 5.41 Å². The molecule has 3 aliphatic rings. The molecule has 0 saturated heterocycles. The molecule has 0 radical (unpaired) electrons. The molecular formula is C49H28O2S. The van der Waals surface area contributed by atoms with Crippen LogP contribution in [0, 0.1) is 0 Å². The van der Waals surface area contributed by atoms with Gasteiger partial charge in [0.25, 0.3) is 0 Å². The molecule has 8 aromatic carbocycles. The van der Waals surface area contributed by atoms with Crippen LogP contribution in [0.1, 0.15) is 22.3 Å². The van der Waals surface area contributed by atoms with Gasteiger partial charge in [-0.25, -0.2) is 0 Å². The summed E-state index contributed by atoms with van der Waals surface area (Å²) in [7, 11) is 0. The number of hydrogen-bond donors (Lipinski definition) is 0. The van der Waals surface area contributed by atoms with Crippen LogP contribution in [0.25, 0.3) is 64.7 Å². The minimum atomic E-state index is -0.508. The van der Waals surface area contributed by atoms with Crippen molar-refractivity contribution in [1.29, 1.82) is 0 Å². The molecule has 2 heterocycles. The standard InChI is InChI=1S/C49H28O2S/c1-4-15-38-33(12-1)34-13-2-5-16-39(34)49(38)40-23-24-44-48(51-43-18-7-6-17-42(43)50-44)47(40)36-22-20-32(28-41(36)49)30-11-9-10-29(26-30)31-21-25-46-37(27-31)35-14-3-8-19-45(35)52-46/h1-28H. The van der Waals surface area contributed by atoms with E-state index >= 15 is 0 Å². The number of ether oxygens (including phenoxy) is 2. The summed E-state index contributed by atoms with van der Waals surface area (Å²) < 4.78 is 15.9. The minimum Gasteiger partial charge on any atom is -0.449 e. The van der Waals surface area contributed by atoms with Gasteiger partial charge in [-0.15, -0.1) is 11.3 Å². The lowest BCUT2D eigenvalue weighted by Crippen LogP contribution is -2.26. The summed E-state index contributed by atoms with van der Waals surface area (Å²) in [6.45, 7) is 0. The highest BCUT2D eigenvalue weighted by atomic mass is 32.1. The summed E-state index contributed by atoms with van der Waals surface area (Å²) in [4.78, 5) is 0. The molecule has 0 unspecified atom stereocenters. The van der Waals surface area contributed by atoms with Crippen molar-refractivity contribution in [1.82, 2.24) is 0 Å². The van der Waals surface area contributed by atoms with E-state index in [1.54, 1.807) is 0 Å². The fourth-order valence-corrected chi connectivity index (χ4v) is 10.3. The second-order valence-electron chi connectivity index (χ2n) is 14.0. The molecule has 0 saturated carbocycles. The Balaban J connectivity index is 1.08. The number of thiophene rings is 1. The highest BCUT2D eigenvalue weighted by Gasteiger charge is 2.53. The average molecular weight is 681 g/mol. The third-order valence-electron chi connectivity index (χ3n) is 11.4. The summed E-state index contributed by atoms with van der Waals surface area (Å²) in [5, 5.41) is 2.64. The number of benzene rings is 8. The molecule has 52 heavy (non-hydrogen) atoms. The maximum atomic E-state index is 6.76. The van der Waals surface area contributed by atoms with Crippen LogP contribution in [-0.4, -0.2) is 0 Å². The van der Waals surface area contributed by atoms with Gasteiger partial charge in [0.05, 0.1) is 5.41 Å². The third-order valence-corrected chi connectivity index (χ3v) is 12.5. The molecule has 9 aromatic rings. The summed E-state index contributed by atoms with van der Waals surface area (Å²) >= 11 is 1.86. The zero-order valence-electron chi connectivity index (χ0n) is 27.9. The molecule has 0 fully saturated rings. The van der Waals surface area contributed by atoms with Crippen LogP contribution in [0.4, 0.5) is 0 Å². The first kappa shape index (κ1) is 28.3. The zero-order chi connectivity index (χ0) is 34.0. The van der Waals surface area contributed by atoms with Crippen molar-refractivity contribution in [2.24, 2.45) is 0 Å². The molecule has 242 valence electrons. The molecule has 2 aliphatic carbocycles. The van der Waals surface area contributed by atoms with E-state index in [0.717, 1.165) is 28.6 Å². The Kier molecular flexibility index (Phi) is 5.62. The maximum Gasteiger partial charge on any atom is 0.178 e. The predicted molar refractivity (Wildman–Crippen MR) is 213 cm³/mol. The van der Waals surface area contributed by atoms with Crippen molar-refractivity contribution in [2.45, 2.75) is 5.41 Å². The summed E-state index contributed by atoms with van der Waals surface area (Å²) in [6.07, 6.45) is 0. The van der Waals surface area contributed by atoms with Crippen LogP contribution in [0.5, 0.6) is 23.0 Å². The second-order valence-corrected chi connectivity index (χ2v) is 15.0. The van der Waals surface area contributed by atoms with Crippen molar-refractivity contribution in [2.75, 3.05) is 0 Å². The first-order valence-electron chi connectivity index (χ1n) is 17.7. The van der Waals surface area contributed by atoms with E-state index in [-0.39, 0.29) is 0 Å². The van der Waals surface area contributed by atoms with Gasteiger partial charge in [0.15, 0.2) is 23.0 Å². The monoisotopic (exact) mass is 680 g/mol. The Morgan fingerprint density at radius 2 is 1.00 bits per heavy atom. The number of rotatable bonds is 2. The molecular weight excluding hydrogens is 653 g/mol. The van der Waals surface area contributed by atoms with Gasteiger partial charge in [-0.1, -0.05) is 121 Å². The van der Waals surface area contributed by atoms with E-state index in [2.05, 4.69) is 146 Å². The first-order valence-corrected chi connectivity index (χ1v) is 18.6. The van der Waals surface area contributed by atoms with Crippen LogP contribution in [0.3, 0.4) is 0 Å². The Labute approximate surface area is 304 Å². The Bertz CT molecular complexity index is 2940. The van der Waals surface area contributed by atoms with E-state index in [1.807, 2.05) is 35.6 Å². The molecule has 3 heteroatoms. The Hall–Kier alpha value is -6.42. The van der Waals surface area contributed by atoms with Gasteiger partial charge in [0.2, 0.25) is 0 Å². The van der Waals surface area contributed by atoms with Crippen LogP contribution in [0.15, 0.2) is 170 Å². The van der Waals surface area contributed by atoms with Gasteiger partial charge >= 0.3 is 0 Å². The predicted octanol–water partition coefficient (Wildman–Crippen LogP) is 13.6. The average Bonchev–Trinajstić information content (AvgIpc) is 3.83. The first-order chi connectivity index (χ1) is 25.8. The molecule has 0 atom stereocenters. The third kappa shape index (κ3) is 3.68. The fourth-order valence-electron chi connectivity index (χ4n) is 9.17. The van der Waals surface area contributed by atoms with Crippen LogP contribution in [0.2, 0.25) is 0 Å². The normalized spacial score (nSPS) is 13.8. The lowest BCUT2D eigenvalue weighted by molar-refractivity contribution is 0.360. The quantitative estimate of drug-likeness (QED) is 0.181. The number of fused-ring (bicyclic) bond motifs is 16. The molecule has 0 N–H and O–H groups in total. The minimum absolute atomic E-state index is 0.508. The summed E-state index contributed by atoms with van der Waals surface area (Å²) in [6, 6.07) is 61.8. The molecule has 12 rings (SSSR count). The van der Waals surface area contributed by atoms with Crippen molar-refractivity contribution >= 4 is 31.5 Å². The van der Waals surface area contributed by atoms with Gasteiger partial charge in [-0.2, -0.15) is 0 Å². The topological polar surface area (TPSA) is 18.5 Å². The largest absolute Gasteiger partial charge is 0.449 e. The van der Waals surface area contributed by atoms with Gasteiger partial charge in [-0.3, -0.25) is 0 Å². The van der Waals surface area contributed by atoms with Crippen molar-refractivity contribution in [3.63, 3.8) is 0 Å². The van der Waals surface area contributed by atoms with Crippen molar-refractivity contribution in [3.8, 4) is 67.5 Å². The fraction of sp³-hybridized carbons (Fsp3) is 0.0204. The molecule has 2 nitrogen and oxygen atoms in total. The summed E-state index contributed by atoms with van der Waals surface area (Å²) in [5.41, 5.74) is 14.2. The van der Waals surface area contributed by atoms with Crippen LogP contribution < -0.4 is 9.47 Å². The van der Waals surface area contributed by atoms with E-state index in [0.29, 0.717) is 0 Å². The lowest BCUT2D eigenvalue weighted by atomic mass is 9.70. The smallest absolute Gasteiger partial charge is 0.178 e. The summed E-state index contributed by atoms with van der Waals surface area (Å²) in [5.74, 6) is 3.00. The van der Waals surface area contributed by atoms with Crippen molar-refractivity contribution in [3.05, 3.63) is 192 Å². The molecule has 1 aliphatic heterocycles. The maximum absolute atomic E-state index is 6.76. The molecule has 0 amide bonds. The zero-order valence-corrected chi connectivity index (χ0v) is 28.7. The highest BCUT2D eigenvalue weighted by molar-refractivity contribution is 7.25. The Morgan fingerprint density at radius 1 is 0.365 bits per heavy atom. The molecule has 0 bridgehead atoms. The van der Waals surface area contributed by atoms with E-state index in [9.17, 15) is 0 Å². The number of para-hydroxylation sites is 2. The van der Waals surface area contributed by atoms with Crippen molar-refractivity contribution < 1.29 is 9.47 Å². The lowest BCUT2D eigenvalue weighted by Gasteiger charge is -2.31. The highest BCUT2D eigenvalue weighted by Crippen LogP contribution is 2.66. The van der Waals surface area contributed by atoms with Crippen LogP contribution >= 0.6 is 11.3 Å². The van der Waals surface area contributed by atoms with Gasteiger partial charge in [0.1, 0.15) is 0 Å². The second kappa shape index (κ2) is 10.3. The van der Waals surface area contributed by atoms with Gasteiger partial charge in [0, 0.05) is 25.7 Å². The molecule has 1 aromatic heterocycles. The van der Waals surface area contributed by atoms with E-state index in [1.165, 1.54) is 81.4 Å². The van der Waals surface area contributed by atoms with Gasteiger partial charge in [-0.05, 0) is 110 Å². The molecule has 1 spiro atoms. The van der Waals surface area contributed by atoms with E-state index in [4.69, 9.17) is 9.47 Å². The SMILES string of the molecule is c1cc(-c2ccc3c(c2)C2(c4ccccc4-c4ccccc42)c2ccc4c(c2-3)Oc2ccccc2O4)cc(-c2ccc3sc4ccccc4c3c2)c1. The van der Waals surface area contributed by atoms with Crippen LogP contribution in [-0.2, 0) is 5.41 Å². The Morgan fingerprint density at radius 3 is 1.81 bits per heavy atom. The van der Waals surface area contributed by atoms with Gasteiger partial charge < -0.3 is 9.47 Å².